The molecule has 32 heavy (non-hydrogen) atoms. The standard InChI is InChI=1S/C19H15N9O4/c1-11(13-8-5-9-14(10-13)28(30)31)21-23-19(29)16-15(12-6-3-2-4-7-12)22-26-27(16)18-17(20)24-32-25-18/h2-10H,1H3,(H2,20,24)(H,23,29)/b21-11+. The smallest absolute Gasteiger partial charge is 0.292 e. The molecular formula is C19H15N9O4. The van der Waals surface area contributed by atoms with Crippen LogP contribution in [-0.2, 0) is 0 Å². The highest BCUT2D eigenvalue weighted by atomic mass is 16.6. The number of nitrogens with zero attached hydrogens (tertiary/aromatic N) is 7. The number of carbonyl (C=O) groups excluding carboxylic acids is 1. The predicted molar refractivity (Wildman–Crippen MR) is 112 cm³/mol. The Labute approximate surface area is 179 Å². The van der Waals surface area contributed by atoms with Crippen LogP contribution >= 0.6 is 0 Å². The molecule has 0 saturated heterocycles. The van der Waals surface area contributed by atoms with Gasteiger partial charge in [-0.1, -0.05) is 47.7 Å². The van der Waals surface area contributed by atoms with Gasteiger partial charge in [-0.15, -0.1) is 5.10 Å². The summed E-state index contributed by atoms with van der Waals surface area (Å²) < 4.78 is 5.71. The highest BCUT2D eigenvalue weighted by Crippen LogP contribution is 2.24. The Kier molecular flexibility index (Phi) is 5.36. The zero-order valence-electron chi connectivity index (χ0n) is 16.5. The number of nitrogens with one attached hydrogen (secondary N) is 1. The number of rotatable bonds is 6. The van der Waals surface area contributed by atoms with Crippen molar-refractivity contribution in [3.8, 4) is 17.1 Å². The number of nitro benzene ring substituents is 1. The van der Waals surface area contributed by atoms with Gasteiger partial charge in [0.2, 0.25) is 11.6 Å². The van der Waals surface area contributed by atoms with Gasteiger partial charge >= 0.3 is 0 Å². The van der Waals surface area contributed by atoms with Crippen LogP contribution in [0.4, 0.5) is 11.5 Å². The number of anilines is 1. The van der Waals surface area contributed by atoms with Crippen LogP contribution in [-0.4, -0.2) is 41.8 Å². The molecule has 0 saturated carbocycles. The van der Waals surface area contributed by atoms with Gasteiger partial charge in [-0.3, -0.25) is 14.9 Å². The van der Waals surface area contributed by atoms with Gasteiger partial charge in [0.1, 0.15) is 5.69 Å². The first-order chi connectivity index (χ1) is 15.5. The van der Waals surface area contributed by atoms with E-state index in [9.17, 15) is 14.9 Å². The first-order valence-corrected chi connectivity index (χ1v) is 9.14. The number of nitrogens with two attached hydrogens (primary N) is 1. The van der Waals surface area contributed by atoms with E-state index in [0.717, 1.165) is 4.68 Å². The summed E-state index contributed by atoms with van der Waals surface area (Å²) in [4.78, 5) is 23.6. The molecule has 0 atom stereocenters. The Balaban J connectivity index is 1.70. The zero-order valence-corrected chi connectivity index (χ0v) is 16.5. The maximum atomic E-state index is 13.1. The molecule has 160 valence electrons. The molecule has 0 fully saturated rings. The molecule has 4 rings (SSSR count). The lowest BCUT2D eigenvalue weighted by Crippen LogP contribution is -2.23. The van der Waals surface area contributed by atoms with Crippen molar-refractivity contribution in [2.45, 2.75) is 6.92 Å². The number of amides is 1. The van der Waals surface area contributed by atoms with Gasteiger partial charge in [0.15, 0.2) is 5.69 Å². The van der Waals surface area contributed by atoms with E-state index in [1.165, 1.54) is 18.2 Å². The molecule has 13 heteroatoms. The van der Waals surface area contributed by atoms with Gasteiger partial charge in [0.25, 0.3) is 11.6 Å². The predicted octanol–water partition coefficient (Wildman–Crippen LogP) is 1.96. The fourth-order valence-corrected chi connectivity index (χ4v) is 2.86. The average molecular weight is 433 g/mol. The maximum Gasteiger partial charge on any atom is 0.292 e. The number of carbonyl (C=O) groups is 1. The van der Waals surface area contributed by atoms with Crippen molar-refractivity contribution in [3.63, 3.8) is 0 Å². The van der Waals surface area contributed by atoms with Crippen LogP contribution in [0, 0.1) is 10.1 Å². The van der Waals surface area contributed by atoms with E-state index >= 15 is 0 Å². The highest BCUT2D eigenvalue weighted by molar-refractivity contribution is 6.02. The average Bonchev–Trinajstić information content (AvgIpc) is 3.43. The molecule has 2 heterocycles. The number of hydrogen-bond donors (Lipinski definition) is 2. The number of nitro groups is 1. The summed E-state index contributed by atoms with van der Waals surface area (Å²) in [6, 6.07) is 14.8. The second-order valence-corrected chi connectivity index (χ2v) is 6.48. The van der Waals surface area contributed by atoms with Crippen molar-refractivity contribution in [2.24, 2.45) is 5.10 Å². The minimum Gasteiger partial charge on any atom is -0.378 e. The largest absolute Gasteiger partial charge is 0.378 e. The molecule has 0 aliphatic carbocycles. The summed E-state index contributed by atoms with van der Waals surface area (Å²) in [5.74, 6) is -0.759. The van der Waals surface area contributed by atoms with E-state index in [4.69, 9.17) is 5.73 Å². The van der Waals surface area contributed by atoms with E-state index in [0.29, 0.717) is 16.8 Å². The second-order valence-electron chi connectivity index (χ2n) is 6.48. The number of hydrazone groups is 1. The Hall–Kier alpha value is -4.94. The van der Waals surface area contributed by atoms with Crippen LogP contribution in [0.5, 0.6) is 0 Å². The quantitative estimate of drug-likeness (QED) is 0.261. The van der Waals surface area contributed by atoms with Crippen LogP contribution < -0.4 is 11.2 Å². The van der Waals surface area contributed by atoms with Crippen LogP contribution in [0.25, 0.3) is 17.1 Å². The third-order valence-corrected chi connectivity index (χ3v) is 4.43. The van der Waals surface area contributed by atoms with Crippen molar-refractivity contribution in [1.29, 1.82) is 0 Å². The lowest BCUT2D eigenvalue weighted by atomic mass is 10.1. The summed E-state index contributed by atoms with van der Waals surface area (Å²) >= 11 is 0. The lowest BCUT2D eigenvalue weighted by Gasteiger charge is -2.06. The van der Waals surface area contributed by atoms with Gasteiger partial charge < -0.3 is 5.73 Å². The van der Waals surface area contributed by atoms with Crippen LogP contribution in [0.2, 0.25) is 0 Å². The van der Waals surface area contributed by atoms with E-state index in [1.54, 1.807) is 37.3 Å². The van der Waals surface area contributed by atoms with Crippen LogP contribution in [0.1, 0.15) is 23.0 Å². The molecule has 0 aliphatic heterocycles. The molecule has 2 aromatic carbocycles. The van der Waals surface area contributed by atoms with E-state index in [1.807, 2.05) is 6.07 Å². The summed E-state index contributed by atoms with van der Waals surface area (Å²) in [6.07, 6.45) is 0. The van der Waals surface area contributed by atoms with Gasteiger partial charge in [-0.2, -0.15) is 9.78 Å². The van der Waals surface area contributed by atoms with E-state index in [-0.39, 0.29) is 28.7 Å². The molecule has 0 spiro atoms. The number of non-ortho nitro benzene ring substituents is 1. The Morgan fingerprint density at radius 2 is 1.97 bits per heavy atom. The van der Waals surface area contributed by atoms with Crippen molar-refractivity contribution in [2.75, 3.05) is 5.73 Å². The first kappa shape index (κ1) is 20.3. The lowest BCUT2D eigenvalue weighted by molar-refractivity contribution is -0.384. The summed E-state index contributed by atoms with van der Waals surface area (Å²) in [7, 11) is 0. The fraction of sp³-hybridized carbons (Fsp3) is 0.0526. The van der Waals surface area contributed by atoms with Gasteiger partial charge in [0, 0.05) is 23.3 Å². The van der Waals surface area contributed by atoms with Crippen molar-refractivity contribution < 1.29 is 14.3 Å². The normalized spacial score (nSPS) is 11.3. The number of benzene rings is 2. The van der Waals surface area contributed by atoms with Gasteiger partial charge in [0.05, 0.1) is 10.6 Å². The molecule has 0 aliphatic rings. The minimum atomic E-state index is -0.666. The minimum absolute atomic E-state index is 0.00538. The van der Waals surface area contributed by atoms with Crippen LogP contribution in [0.3, 0.4) is 0 Å². The number of hydrogen-bond acceptors (Lipinski definition) is 10. The molecule has 0 bridgehead atoms. The fourth-order valence-electron chi connectivity index (χ4n) is 2.86. The number of aromatic nitrogens is 5. The monoisotopic (exact) mass is 433 g/mol. The van der Waals surface area contributed by atoms with E-state index < -0.39 is 10.8 Å². The maximum absolute atomic E-state index is 13.1. The first-order valence-electron chi connectivity index (χ1n) is 9.14. The highest BCUT2D eigenvalue weighted by Gasteiger charge is 2.26. The third kappa shape index (κ3) is 3.89. The SMILES string of the molecule is C/C(=N\NC(=O)c1c(-c2ccccc2)nnn1-c1nonc1N)c1cccc([N+](=O)[O-])c1. The van der Waals surface area contributed by atoms with Gasteiger partial charge in [-0.05, 0) is 17.2 Å². The Morgan fingerprint density at radius 1 is 1.19 bits per heavy atom. The molecule has 2 aromatic heterocycles. The molecule has 13 nitrogen and oxygen atoms in total. The molecule has 0 unspecified atom stereocenters. The summed E-state index contributed by atoms with van der Waals surface area (Å²) in [5, 5.41) is 30.3. The number of nitrogen functional groups attached to an aromatic ring is 1. The van der Waals surface area contributed by atoms with E-state index in [2.05, 4.69) is 35.8 Å². The van der Waals surface area contributed by atoms with Crippen molar-refractivity contribution in [1.82, 2.24) is 30.7 Å². The molecule has 1 amide bonds. The zero-order chi connectivity index (χ0) is 22.7. The Morgan fingerprint density at radius 3 is 2.66 bits per heavy atom. The molecular weight excluding hydrogens is 418 g/mol. The van der Waals surface area contributed by atoms with Gasteiger partial charge in [-0.25, -0.2) is 10.1 Å². The molecule has 3 N–H and O–H groups in total. The summed E-state index contributed by atoms with van der Waals surface area (Å²) in [5.41, 5.74) is 9.79. The second kappa shape index (κ2) is 8.43. The Bertz CT molecular complexity index is 1330. The third-order valence-electron chi connectivity index (χ3n) is 4.43. The summed E-state index contributed by atoms with van der Waals surface area (Å²) in [6.45, 7) is 1.60. The van der Waals surface area contributed by atoms with Crippen molar-refractivity contribution >= 4 is 23.1 Å². The van der Waals surface area contributed by atoms with Crippen molar-refractivity contribution in [3.05, 3.63) is 76.0 Å². The molecule has 4 aromatic rings. The topological polar surface area (TPSA) is 180 Å². The van der Waals surface area contributed by atoms with Crippen LogP contribution in [0.15, 0.2) is 64.3 Å². The molecule has 0 radical (unpaired) electrons.